The summed E-state index contributed by atoms with van der Waals surface area (Å²) in [6.45, 7) is 1.98. The van der Waals surface area contributed by atoms with E-state index in [4.69, 9.17) is 0 Å². The van der Waals surface area contributed by atoms with E-state index >= 15 is 0 Å². The van der Waals surface area contributed by atoms with Crippen LogP contribution in [0, 0.1) is 18.6 Å². The predicted octanol–water partition coefficient (Wildman–Crippen LogP) is 3.13. The molecule has 2 aromatic rings. The summed E-state index contributed by atoms with van der Waals surface area (Å²) in [6, 6.07) is 3.66. The van der Waals surface area contributed by atoms with Crippen molar-refractivity contribution < 1.29 is 18.3 Å². The number of esters is 1. The van der Waals surface area contributed by atoms with Crippen molar-refractivity contribution in [2.75, 3.05) is 12.4 Å². The molecule has 1 heterocycles. The Bertz CT molecular complexity index is 643. The van der Waals surface area contributed by atoms with E-state index in [1.54, 1.807) is 6.92 Å². The van der Waals surface area contributed by atoms with Crippen molar-refractivity contribution in [2.45, 2.75) is 13.5 Å². The number of rotatable bonds is 4. The van der Waals surface area contributed by atoms with Crippen molar-refractivity contribution in [3.8, 4) is 0 Å². The highest BCUT2D eigenvalue weighted by Crippen LogP contribution is 2.23. The standard InChI is InChI=1S/C13H12F2N2O2S/c1-7-11(12(18)19-2)20-13(17-7)16-6-8-3-4-9(14)10(15)5-8/h3-5H,6H2,1-2H3,(H,16,17). The third-order valence-corrected chi connectivity index (χ3v) is 3.69. The van der Waals surface area contributed by atoms with Gasteiger partial charge in [0.2, 0.25) is 0 Å². The first kappa shape index (κ1) is 14.4. The van der Waals surface area contributed by atoms with Crippen molar-refractivity contribution in [2.24, 2.45) is 0 Å². The smallest absolute Gasteiger partial charge is 0.350 e. The Hall–Kier alpha value is -2.02. The van der Waals surface area contributed by atoms with E-state index in [1.807, 2.05) is 0 Å². The van der Waals surface area contributed by atoms with E-state index in [1.165, 1.54) is 13.2 Å². The van der Waals surface area contributed by atoms with Gasteiger partial charge in [-0.25, -0.2) is 18.6 Å². The molecule has 0 radical (unpaired) electrons. The van der Waals surface area contributed by atoms with Crippen LogP contribution < -0.4 is 5.32 Å². The van der Waals surface area contributed by atoms with E-state index in [0.717, 1.165) is 23.5 Å². The van der Waals surface area contributed by atoms with Gasteiger partial charge in [-0.3, -0.25) is 0 Å². The lowest BCUT2D eigenvalue weighted by Crippen LogP contribution is -2.00. The van der Waals surface area contributed by atoms with Gasteiger partial charge in [-0.2, -0.15) is 0 Å². The zero-order chi connectivity index (χ0) is 14.7. The van der Waals surface area contributed by atoms with Crippen LogP contribution in [-0.4, -0.2) is 18.1 Å². The van der Waals surface area contributed by atoms with Gasteiger partial charge in [0.05, 0.1) is 12.8 Å². The molecule has 0 aliphatic rings. The Morgan fingerprint density at radius 1 is 1.40 bits per heavy atom. The maximum absolute atomic E-state index is 13.0. The summed E-state index contributed by atoms with van der Waals surface area (Å²) in [5.74, 6) is -2.22. The fourth-order valence-electron chi connectivity index (χ4n) is 1.58. The lowest BCUT2D eigenvalue weighted by atomic mass is 10.2. The van der Waals surface area contributed by atoms with E-state index in [9.17, 15) is 13.6 Å². The minimum atomic E-state index is -0.894. The highest BCUT2D eigenvalue weighted by atomic mass is 32.1. The van der Waals surface area contributed by atoms with Gasteiger partial charge in [0.1, 0.15) is 4.88 Å². The van der Waals surface area contributed by atoms with E-state index in [-0.39, 0.29) is 6.54 Å². The molecule has 1 aromatic heterocycles. The van der Waals surface area contributed by atoms with Gasteiger partial charge >= 0.3 is 5.97 Å². The molecule has 20 heavy (non-hydrogen) atoms. The zero-order valence-electron chi connectivity index (χ0n) is 10.9. The molecule has 0 saturated heterocycles. The third kappa shape index (κ3) is 3.11. The number of thiazole rings is 1. The van der Waals surface area contributed by atoms with Crippen LogP contribution in [0.5, 0.6) is 0 Å². The normalized spacial score (nSPS) is 10.4. The Balaban J connectivity index is 2.07. The number of benzene rings is 1. The maximum atomic E-state index is 13.0. The van der Waals surface area contributed by atoms with Crippen LogP contribution in [0.2, 0.25) is 0 Å². The van der Waals surface area contributed by atoms with Crippen LogP contribution >= 0.6 is 11.3 Å². The number of anilines is 1. The summed E-state index contributed by atoms with van der Waals surface area (Å²) in [5, 5.41) is 3.48. The van der Waals surface area contributed by atoms with Crippen LogP contribution in [0.1, 0.15) is 20.9 Å². The number of carbonyl (C=O) groups is 1. The Morgan fingerprint density at radius 3 is 2.80 bits per heavy atom. The number of halogens is 2. The third-order valence-electron chi connectivity index (χ3n) is 2.60. The molecular weight excluding hydrogens is 286 g/mol. The van der Waals surface area contributed by atoms with Gasteiger partial charge in [-0.1, -0.05) is 17.4 Å². The summed E-state index contributed by atoms with van der Waals surface area (Å²) in [5.41, 5.74) is 1.14. The lowest BCUT2D eigenvalue weighted by molar-refractivity contribution is 0.0605. The molecule has 0 atom stereocenters. The molecule has 4 nitrogen and oxygen atoms in total. The molecule has 0 unspecified atom stereocenters. The molecule has 0 aliphatic heterocycles. The van der Waals surface area contributed by atoms with Crippen molar-refractivity contribution in [3.05, 3.63) is 46.0 Å². The second kappa shape index (κ2) is 5.96. The Morgan fingerprint density at radius 2 is 2.15 bits per heavy atom. The predicted molar refractivity (Wildman–Crippen MR) is 71.9 cm³/mol. The summed E-state index contributed by atoms with van der Waals surface area (Å²) >= 11 is 1.15. The maximum Gasteiger partial charge on any atom is 0.350 e. The van der Waals surface area contributed by atoms with E-state index in [0.29, 0.717) is 21.3 Å². The molecule has 0 saturated carbocycles. The highest BCUT2D eigenvalue weighted by molar-refractivity contribution is 7.17. The first-order chi connectivity index (χ1) is 9.51. The quantitative estimate of drug-likeness (QED) is 0.881. The van der Waals surface area contributed by atoms with Gasteiger partial charge in [-0.05, 0) is 24.6 Å². The van der Waals surface area contributed by atoms with E-state index < -0.39 is 17.6 Å². The van der Waals surface area contributed by atoms with Crippen LogP contribution in [-0.2, 0) is 11.3 Å². The number of methoxy groups -OCH3 is 1. The van der Waals surface area contributed by atoms with Crippen LogP contribution in [0.15, 0.2) is 18.2 Å². The van der Waals surface area contributed by atoms with Gasteiger partial charge < -0.3 is 10.1 Å². The molecule has 2 rings (SSSR count). The number of nitrogens with zero attached hydrogens (tertiary/aromatic N) is 1. The zero-order valence-corrected chi connectivity index (χ0v) is 11.7. The molecular formula is C13H12F2N2O2S. The van der Waals surface area contributed by atoms with Crippen molar-refractivity contribution in [1.29, 1.82) is 0 Å². The lowest BCUT2D eigenvalue weighted by Gasteiger charge is -2.03. The number of hydrogen-bond donors (Lipinski definition) is 1. The molecule has 0 fully saturated rings. The molecule has 1 aromatic carbocycles. The minimum absolute atomic E-state index is 0.283. The molecule has 7 heteroatoms. The number of carbonyl (C=O) groups excluding carboxylic acids is 1. The number of nitrogens with one attached hydrogen (secondary N) is 1. The average Bonchev–Trinajstić information content (AvgIpc) is 2.80. The number of aryl methyl sites for hydroxylation is 1. The molecule has 0 amide bonds. The molecule has 1 N–H and O–H groups in total. The summed E-state index contributed by atoms with van der Waals surface area (Å²) in [6.07, 6.45) is 0. The second-order valence-electron chi connectivity index (χ2n) is 4.03. The monoisotopic (exact) mass is 298 g/mol. The summed E-state index contributed by atoms with van der Waals surface area (Å²) in [4.78, 5) is 16.0. The SMILES string of the molecule is COC(=O)c1sc(NCc2ccc(F)c(F)c2)nc1C. The summed E-state index contributed by atoms with van der Waals surface area (Å²) < 4.78 is 30.5. The topological polar surface area (TPSA) is 51.2 Å². The largest absolute Gasteiger partial charge is 0.465 e. The van der Waals surface area contributed by atoms with E-state index in [2.05, 4.69) is 15.0 Å². The first-order valence-electron chi connectivity index (χ1n) is 5.75. The number of ether oxygens (including phenoxy) is 1. The van der Waals surface area contributed by atoms with Crippen molar-refractivity contribution >= 4 is 22.4 Å². The van der Waals surface area contributed by atoms with Crippen LogP contribution in [0.25, 0.3) is 0 Å². The van der Waals surface area contributed by atoms with Gasteiger partial charge in [0, 0.05) is 6.54 Å². The molecule has 0 aliphatic carbocycles. The van der Waals surface area contributed by atoms with Crippen molar-refractivity contribution in [3.63, 3.8) is 0 Å². The fraction of sp³-hybridized carbons (Fsp3) is 0.231. The highest BCUT2D eigenvalue weighted by Gasteiger charge is 2.15. The average molecular weight is 298 g/mol. The van der Waals surface area contributed by atoms with Gasteiger partial charge in [0.25, 0.3) is 0 Å². The Labute approximate surface area is 118 Å². The van der Waals surface area contributed by atoms with Gasteiger partial charge in [0.15, 0.2) is 16.8 Å². The summed E-state index contributed by atoms with van der Waals surface area (Å²) in [7, 11) is 1.30. The molecule has 0 spiro atoms. The second-order valence-corrected chi connectivity index (χ2v) is 5.03. The Kier molecular flexibility index (Phi) is 4.29. The molecule has 106 valence electrons. The number of aromatic nitrogens is 1. The minimum Gasteiger partial charge on any atom is -0.465 e. The first-order valence-corrected chi connectivity index (χ1v) is 6.56. The van der Waals surface area contributed by atoms with Gasteiger partial charge in [-0.15, -0.1) is 0 Å². The molecule has 0 bridgehead atoms. The number of hydrogen-bond acceptors (Lipinski definition) is 5. The fourth-order valence-corrected chi connectivity index (χ4v) is 2.46. The van der Waals surface area contributed by atoms with Crippen LogP contribution in [0.3, 0.4) is 0 Å². The van der Waals surface area contributed by atoms with Crippen LogP contribution in [0.4, 0.5) is 13.9 Å². The van der Waals surface area contributed by atoms with Crippen molar-refractivity contribution in [1.82, 2.24) is 4.98 Å².